The fraction of sp³-hybridized carbons (Fsp3) is 0.300. The number of halogens is 2. The molecule has 1 fully saturated rings. The van der Waals surface area contributed by atoms with E-state index in [0.717, 1.165) is 0 Å². The van der Waals surface area contributed by atoms with Crippen molar-refractivity contribution >= 4 is 40.4 Å². The number of nitrogens with one attached hydrogen (secondary N) is 2. The maximum absolute atomic E-state index is 15.0. The molecule has 5 rings (SSSR count). The number of H-pyrrole nitrogens is 1. The molecule has 10 heteroatoms. The van der Waals surface area contributed by atoms with Crippen molar-refractivity contribution in [3.63, 3.8) is 0 Å². The zero-order valence-corrected chi connectivity index (χ0v) is 16.9. The summed E-state index contributed by atoms with van der Waals surface area (Å²) in [6.45, 7) is 1.47. The van der Waals surface area contributed by atoms with E-state index in [0.29, 0.717) is 40.0 Å². The lowest BCUT2D eigenvalue weighted by molar-refractivity contribution is -0.105. The highest BCUT2D eigenvalue weighted by atomic mass is 35.5. The van der Waals surface area contributed by atoms with E-state index in [1.807, 2.05) is 0 Å². The summed E-state index contributed by atoms with van der Waals surface area (Å²) in [5.41, 5.74) is 2.04. The van der Waals surface area contributed by atoms with Crippen LogP contribution in [0.3, 0.4) is 0 Å². The van der Waals surface area contributed by atoms with Crippen molar-refractivity contribution in [2.45, 2.75) is 32.1 Å². The first-order valence-corrected chi connectivity index (χ1v) is 9.93. The molecule has 0 bridgehead atoms. The van der Waals surface area contributed by atoms with Crippen molar-refractivity contribution in [2.75, 3.05) is 11.9 Å². The summed E-state index contributed by atoms with van der Waals surface area (Å²) in [5.74, 6) is -0.719. The molecule has 0 spiro atoms. The first kappa shape index (κ1) is 20.2. The maximum Gasteiger partial charge on any atom is 0.212 e. The minimum atomic E-state index is -0.624. The van der Waals surface area contributed by atoms with Crippen molar-refractivity contribution in [3.8, 4) is 11.3 Å². The fourth-order valence-corrected chi connectivity index (χ4v) is 3.40. The molecule has 8 nitrogen and oxygen atoms in total. The lowest BCUT2D eigenvalue weighted by Crippen LogP contribution is -2.05. The second-order valence-electron chi connectivity index (χ2n) is 7.15. The molecule has 156 valence electrons. The van der Waals surface area contributed by atoms with Crippen LogP contribution in [0.2, 0.25) is 5.02 Å². The maximum atomic E-state index is 15.0. The summed E-state index contributed by atoms with van der Waals surface area (Å²) >= 11 is 6.35. The summed E-state index contributed by atoms with van der Waals surface area (Å²) in [6.07, 6.45) is 11.3. The summed E-state index contributed by atoms with van der Waals surface area (Å²) in [7, 11) is 0. The van der Waals surface area contributed by atoms with Crippen LogP contribution in [-0.2, 0) is 4.79 Å². The summed E-state index contributed by atoms with van der Waals surface area (Å²) in [4.78, 5) is 19.1. The fourth-order valence-electron chi connectivity index (χ4n) is 3.10. The largest absolute Gasteiger partial charge is 0.396 e. The number of aromatic nitrogens is 5. The van der Waals surface area contributed by atoms with E-state index in [-0.39, 0.29) is 17.2 Å². The number of anilines is 1. The molecular formula is C20H20ClFN6O2. The molecule has 3 aromatic heterocycles. The van der Waals surface area contributed by atoms with E-state index in [1.54, 1.807) is 29.9 Å². The third kappa shape index (κ3) is 3.73. The Kier molecular flexibility index (Phi) is 5.65. The van der Waals surface area contributed by atoms with Crippen molar-refractivity contribution in [2.24, 2.45) is 0 Å². The molecule has 1 aliphatic carbocycles. The Hall–Kier alpha value is -3.04. The molecule has 0 aliphatic heterocycles. The van der Waals surface area contributed by atoms with E-state index in [2.05, 4.69) is 25.5 Å². The average Bonchev–Trinajstić information content (AvgIpc) is 3.46. The van der Waals surface area contributed by atoms with Gasteiger partial charge >= 0.3 is 0 Å². The highest BCUT2D eigenvalue weighted by Crippen LogP contribution is 2.40. The number of fused-ring (bicyclic) bond motifs is 2. The molecule has 3 heterocycles. The number of nitrogens with zero attached hydrogens (tertiary/aromatic N) is 4. The number of aromatic amines is 1. The van der Waals surface area contributed by atoms with Gasteiger partial charge in [0.05, 0.1) is 34.8 Å². The zero-order chi connectivity index (χ0) is 21.3. The monoisotopic (exact) mass is 430 g/mol. The number of aliphatic hydroxyl groups is 1. The minimum absolute atomic E-state index is 0.0996. The van der Waals surface area contributed by atoms with Gasteiger partial charge in [-0.15, -0.1) is 0 Å². The zero-order valence-electron chi connectivity index (χ0n) is 16.2. The van der Waals surface area contributed by atoms with Gasteiger partial charge in [0, 0.05) is 35.2 Å². The molecule has 1 saturated carbocycles. The van der Waals surface area contributed by atoms with Crippen LogP contribution in [0, 0.1) is 5.82 Å². The minimum Gasteiger partial charge on any atom is -0.396 e. The number of imidazole rings is 1. The predicted molar refractivity (Wildman–Crippen MR) is 112 cm³/mol. The molecule has 1 aromatic carbocycles. The lowest BCUT2D eigenvalue weighted by Gasteiger charge is -2.15. The van der Waals surface area contributed by atoms with Crippen LogP contribution in [-0.4, -0.2) is 42.7 Å². The summed E-state index contributed by atoms with van der Waals surface area (Å²) in [6, 6.07) is 0. The van der Waals surface area contributed by atoms with Crippen molar-refractivity contribution in [1.82, 2.24) is 24.6 Å². The van der Waals surface area contributed by atoms with Crippen LogP contribution in [0.25, 0.3) is 27.8 Å². The standard InChI is InChI=1S/C17H14ClFN6O2.C3H6/c1-8(6-26)13-16(19)15(18)14(9-2-22-24-17(9)13)10-4-25-5-11(21-7-27)23-12(25)3-20-10;1-2-3-1/h2-5,7-8,26H,6H2,1H3,(H,21,27)(H,22,24);1-3H2. The predicted octanol–water partition coefficient (Wildman–Crippen LogP) is 3.90. The Morgan fingerprint density at radius 3 is 2.80 bits per heavy atom. The Labute approximate surface area is 176 Å². The quantitative estimate of drug-likeness (QED) is 0.416. The summed E-state index contributed by atoms with van der Waals surface area (Å²) in [5, 5.41) is 19.2. The number of aliphatic hydroxyl groups excluding tert-OH is 1. The van der Waals surface area contributed by atoms with Gasteiger partial charge in [0.25, 0.3) is 0 Å². The number of hydrogen-bond acceptors (Lipinski definition) is 5. The molecule has 0 saturated heterocycles. The van der Waals surface area contributed by atoms with E-state index in [4.69, 9.17) is 11.6 Å². The smallest absolute Gasteiger partial charge is 0.212 e. The highest BCUT2D eigenvalue weighted by molar-refractivity contribution is 6.35. The number of hydrogen-bond donors (Lipinski definition) is 3. The van der Waals surface area contributed by atoms with Crippen LogP contribution < -0.4 is 5.32 Å². The molecule has 4 aromatic rings. The molecule has 3 N–H and O–H groups in total. The Bertz CT molecular complexity index is 1220. The van der Waals surface area contributed by atoms with Gasteiger partial charge < -0.3 is 14.8 Å². The Morgan fingerprint density at radius 2 is 2.13 bits per heavy atom. The van der Waals surface area contributed by atoms with Crippen molar-refractivity contribution in [1.29, 1.82) is 0 Å². The summed E-state index contributed by atoms with van der Waals surface area (Å²) < 4.78 is 16.7. The Morgan fingerprint density at radius 1 is 1.37 bits per heavy atom. The van der Waals surface area contributed by atoms with Gasteiger partial charge in [-0.3, -0.25) is 14.9 Å². The van der Waals surface area contributed by atoms with Crippen LogP contribution in [0.1, 0.15) is 37.7 Å². The number of amides is 1. The number of carbonyl (C=O) groups excluding carboxylic acids is 1. The van der Waals surface area contributed by atoms with Crippen LogP contribution in [0.15, 0.2) is 24.8 Å². The van der Waals surface area contributed by atoms with Gasteiger partial charge in [-0.25, -0.2) is 9.37 Å². The SMILES string of the molecule is C1CC1.CC(CO)c1c(F)c(Cl)c(-c2cn3cc(NC=O)nc3cn2)c2cn[nH]c12. The molecule has 1 atom stereocenters. The molecule has 30 heavy (non-hydrogen) atoms. The molecule has 0 radical (unpaired) electrons. The van der Waals surface area contributed by atoms with Gasteiger partial charge in [0.2, 0.25) is 6.41 Å². The topological polar surface area (TPSA) is 108 Å². The number of rotatable bonds is 5. The normalized spacial score (nSPS) is 13.7. The van der Waals surface area contributed by atoms with E-state index in [9.17, 15) is 9.90 Å². The highest BCUT2D eigenvalue weighted by Gasteiger charge is 2.24. The first-order valence-electron chi connectivity index (χ1n) is 9.55. The van der Waals surface area contributed by atoms with Crippen molar-refractivity contribution in [3.05, 3.63) is 41.2 Å². The van der Waals surface area contributed by atoms with Crippen LogP contribution in [0.5, 0.6) is 0 Å². The van der Waals surface area contributed by atoms with Gasteiger partial charge in [0.1, 0.15) is 5.82 Å². The van der Waals surface area contributed by atoms with E-state index in [1.165, 1.54) is 25.5 Å². The van der Waals surface area contributed by atoms with Crippen molar-refractivity contribution < 1.29 is 14.3 Å². The third-order valence-corrected chi connectivity index (χ3v) is 5.11. The first-order chi connectivity index (χ1) is 14.5. The molecule has 1 unspecified atom stereocenters. The number of benzene rings is 1. The lowest BCUT2D eigenvalue weighted by atomic mass is 9.95. The molecular weight excluding hydrogens is 411 g/mol. The molecule has 1 aliphatic rings. The van der Waals surface area contributed by atoms with Gasteiger partial charge in [-0.2, -0.15) is 5.10 Å². The average molecular weight is 431 g/mol. The second-order valence-corrected chi connectivity index (χ2v) is 7.52. The van der Waals surface area contributed by atoms with E-state index < -0.39 is 11.7 Å². The third-order valence-electron chi connectivity index (χ3n) is 4.75. The second kappa shape index (κ2) is 8.37. The Balaban J connectivity index is 0.000000667. The number of carbonyl (C=O) groups is 1. The van der Waals surface area contributed by atoms with E-state index >= 15 is 4.39 Å². The van der Waals surface area contributed by atoms with Gasteiger partial charge in [0.15, 0.2) is 11.5 Å². The van der Waals surface area contributed by atoms with Gasteiger partial charge in [-0.1, -0.05) is 37.8 Å². The molecule has 1 amide bonds. The van der Waals surface area contributed by atoms with Gasteiger partial charge in [-0.05, 0) is 0 Å². The van der Waals surface area contributed by atoms with Crippen LogP contribution >= 0.6 is 11.6 Å². The van der Waals surface area contributed by atoms with Crippen LogP contribution in [0.4, 0.5) is 10.2 Å².